The molecule has 1 aromatic carbocycles. The smallest absolute Gasteiger partial charge is 0.306 e. The van der Waals surface area contributed by atoms with E-state index >= 15 is 0 Å². The molecular formula is C17H14N2O4S. The van der Waals surface area contributed by atoms with Gasteiger partial charge in [-0.3, -0.25) is 14.4 Å². The molecule has 0 atom stereocenters. The maximum Gasteiger partial charge on any atom is 0.306 e. The highest BCUT2D eigenvalue weighted by atomic mass is 32.1. The summed E-state index contributed by atoms with van der Waals surface area (Å²) in [5, 5.41) is 13.4. The summed E-state index contributed by atoms with van der Waals surface area (Å²) < 4.78 is 4.83. The lowest BCUT2D eigenvalue weighted by molar-refractivity contribution is -0.147. The number of Topliss-reactive ketones (excluding diaryl/α,β-unsaturated/α-hetero) is 1. The molecule has 6 nitrogen and oxygen atoms in total. The maximum absolute atomic E-state index is 11.9. The SMILES string of the molecule is N#Cc1ccsc1NC(=O)COC(=O)CCC(=O)c1ccccc1. The number of hydrogen-bond acceptors (Lipinski definition) is 6. The van der Waals surface area contributed by atoms with Gasteiger partial charge in [0.25, 0.3) is 5.91 Å². The minimum absolute atomic E-state index is 0.0218. The first kappa shape index (κ1) is 17.4. The number of nitrogens with one attached hydrogen (secondary N) is 1. The molecular weight excluding hydrogens is 328 g/mol. The Morgan fingerprint density at radius 2 is 1.88 bits per heavy atom. The predicted molar refractivity (Wildman–Crippen MR) is 88.6 cm³/mol. The molecule has 7 heteroatoms. The Kier molecular flexibility index (Phi) is 6.23. The monoisotopic (exact) mass is 342 g/mol. The number of carbonyl (C=O) groups is 3. The van der Waals surface area contributed by atoms with Crippen molar-refractivity contribution in [1.29, 1.82) is 5.26 Å². The zero-order valence-electron chi connectivity index (χ0n) is 12.7. The highest BCUT2D eigenvalue weighted by Gasteiger charge is 2.13. The number of ketones is 1. The van der Waals surface area contributed by atoms with E-state index in [1.807, 2.05) is 6.07 Å². The lowest BCUT2D eigenvalue weighted by atomic mass is 10.1. The van der Waals surface area contributed by atoms with E-state index in [-0.39, 0.29) is 18.6 Å². The second kappa shape index (κ2) is 8.60. The van der Waals surface area contributed by atoms with E-state index in [2.05, 4.69) is 5.32 Å². The van der Waals surface area contributed by atoms with Gasteiger partial charge in [0, 0.05) is 12.0 Å². The van der Waals surface area contributed by atoms with Gasteiger partial charge in [0.05, 0.1) is 12.0 Å². The van der Waals surface area contributed by atoms with Crippen molar-refractivity contribution in [3.05, 3.63) is 52.9 Å². The molecule has 1 N–H and O–H groups in total. The molecule has 0 aliphatic carbocycles. The first-order valence-corrected chi connectivity index (χ1v) is 7.99. The first-order valence-electron chi connectivity index (χ1n) is 7.11. The van der Waals surface area contributed by atoms with Crippen LogP contribution in [0.4, 0.5) is 5.00 Å². The van der Waals surface area contributed by atoms with Gasteiger partial charge in [0.15, 0.2) is 12.4 Å². The zero-order valence-corrected chi connectivity index (χ0v) is 13.5. The molecule has 2 aromatic rings. The molecule has 2 rings (SSSR count). The number of amides is 1. The van der Waals surface area contributed by atoms with Crippen molar-refractivity contribution in [1.82, 2.24) is 0 Å². The third-order valence-electron chi connectivity index (χ3n) is 3.05. The minimum Gasteiger partial charge on any atom is -0.456 e. The molecule has 0 aliphatic heterocycles. The van der Waals surface area contributed by atoms with Crippen LogP contribution in [0.1, 0.15) is 28.8 Å². The summed E-state index contributed by atoms with van der Waals surface area (Å²) in [6.07, 6.45) is -0.0720. The summed E-state index contributed by atoms with van der Waals surface area (Å²) in [7, 11) is 0. The molecule has 0 spiro atoms. The number of rotatable bonds is 7. The largest absolute Gasteiger partial charge is 0.456 e. The predicted octanol–water partition coefficient (Wildman–Crippen LogP) is 2.76. The van der Waals surface area contributed by atoms with E-state index in [1.165, 1.54) is 11.3 Å². The van der Waals surface area contributed by atoms with Crippen LogP contribution in [0, 0.1) is 11.3 Å². The van der Waals surface area contributed by atoms with E-state index in [0.717, 1.165) is 0 Å². The van der Waals surface area contributed by atoms with Gasteiger partial charge in [-0.05, 0) is 11.4 Å². The fourth-order valence-corrected chi connectivity index (χ4v) is 2.61. The Morgan fingerprint density at radius 3 is 2.58 bits per heavy atom. The lowest BCUT2D eigenvalue weighted by Crippen LogP contribution is -2.21. The summed E-state index contributed by atoms with van der Waals surface area (Å²) >= 11 is 1.21. The number of esters is 1. The van der Waals surface area contributed by atoms with Crippen LogP contribution in [0.25, 0.3) is 0 Å². The average molecular weight is 342 g/mol. The highest BCUT2D eigenvalue weighted by Crippen LogP contribution is 2.21. The highest BCUT2D eigenvalue weighted by molar-refractivity contribution is 7.14. The molecule has 0 unspecified atom stereocenters. The van der Waals surface area contributed by atoms with Gasteiger partial charge in [0.2, 0.25) is 0 Å². The van der Waals surface area contributed by atoms with E-state index in [9.17, 15) is 14.4 Å². The first-order chi connectivity index (χ1) is 11.6. The van der Waals surface area contributed by atoms with Crippen molar-refractivity contribution in [3.8, 4) is 6.07 Å². The Balaban J connectivity index is 1.72. The van der Waals surface area contributed by atoms with Crippen LogP contribution in [-0.2, 0) is 14.3 Å². The fourth-order valence-electron chi connectivity index (χ4n) is 1.86. The van der Waals surface area contributed by atoms with Crippen molar-refractivity contribution in [2.75, 3.05) is 11.9 Å². The normalized spacial score (nSPS) is 9.79. The van der Waals surface area contributed by atoms with Crippen LogP contribution in [0.15, 0.2) is 41.8 Å². The molecule has 0 aliphatic rings. The number of benzene rings is 1. The van der Waals surface area contributed by atoms with Gasteiger partial charge in [-0.2, -0.15) is 5.26 Å². The van der Waals surface area contributed by atoms with Gasteiger partial charge >= 0.3 is 5.97 Å². The second-order valence-corrected chi connectivity index (χ2v) is 5.69. The van der Waals surface area contributed by atoms with Crippen molar-refractivity contribution in [3.63, 3.8) is 0 Å². The number of nitriles is 1. The third-order valence-corrected chi connectivity index (χ3v) is 3.88. The van der Waals surface area contributed by atoms with Crippen LogP contribution in [0.3, 0.4) is 0 Å². The van der Waals surface area contributed by atoms with Gasteiger partial charge in [-0.1, -0.05) is 30.3 Å². The van der Waals surface area contributed by atoms with Gasteiger partial charge < -0.3 is 10.1 Å². The molecule has 0 saturated carbocycles. The Morgan fingerprint density at radius 1 is 1.12 bits per heavy atom. The van der Waals surface area contributed by atoms with Crippen LogP contribution < -0.4 is 5.32 Å². The number of anilines is 1. The zero-order chi connectivity index (χ0) is 17.4. The fraction of sp³-hybridized carbons (Fsp3) is 0.176. The van der Waals surface area contributed by atoms with E-state index in [1.54, 1.807) is 41.8 Å². The molecule has 0 bridgehead atoms. The average Bonchev–Trinajstić information content (AvgIpc) is 3.05. The minimum atomic E-state index is -0.624. The van der Waals surface area contributed by atoms with Crippen LogP contribution >= 0.6 is 11.3 Å². The molecule has 0 radical (unpaired) electrons. The number of hydrogen-bond donors (Lipinski definition) is 1. The van der Waals surface area contributed by atoms with Gasteiger partial charge in [-0.25, -0.2) is 0 Å². The summed E-state index contributed by atoms with van der Waals surface area (Å²) in [5.41, 5.74) is 0.887. The number of thiophene rings is 1. The third kappa shape index (κ3) is 5.04. The molecule has 122 valence electrons. The standard InChI is InChI=1S/C17H14N2O4S/c18-10-13-8-9-24-17(13)19-15(21)11-23-16(22)7-6-14(20)12-4-2-1-3-5-12/h1-5,8-9H,6-7,11H2,(H,19,21). The van der Waals surface area contributed by atoms with Crippen LogP contribution in [-0.4, -0.2) is 24.3 Å². The molecule has 0 fully saturated rings. The van der Waals surface area contributed by atoms with Gasteiger partial charge in [0.1, 0.15) is 11.1 Å². The Bertz CT molecular complexity index is 777. The molecule has 0 saturated heterocycles. The second-order valence-electron chi connectivity index (χ2n) is 4.77. The van der Waals surface area contributed by atoms with Gasteiger partial charge in [-0.15, -0.1) is 11.3 Å². The topological polar surface area (TPSA) is 96.3 Å². The molecule has 1 aromatic heterocycles. The number of ether oxygens (including phenoxy) is 1. The maximum atomic E-state index is 11.9. The summed E-state index contributed by atoms with van der Waals surface area (Å²) in [6, 6.07) is 12.2. The Hall–Kier alpha value is -2.98. The van der Waals surface area contributed by atoms with Crippen molar-refractivity contribution in [2.45, 2.75) is 12.8 Å². The molecule has 1 amide bonds. The number of nitrogens with zero attached hydrogens (tertiary/aromatic N) is 1. The van der Waals surface area contributed by atoms with Crippen molar-refractivity contribution >= 4 is 34.0 Å². The molecule has 24 heavy (non-hydrogen) atoms. The summed E-state index contributed by atoms with van der Waals surface area (Å²) in [4.78, 5) is 35.1. The van der Waals surface area contributed by atoms with Crippen molar-refractivity contribution in [2.24, 2.45) is 0 Å². The van der Waals surface area contributed by atoms with Crippen molar-refractivity contribution < 1.29 is 19.1 Å². The van der Waals surface area contributed by atoms with E-state index in [4.69, 9.17) is 10.00 Å². The summed E-state index contributed by atoms with van der Waals surface area (Å²) in [6.45, 7) is -0.457. The lowest BCUT2D eigenvalue weighted by Gasteiger charge is -2.05. The quantitative estimate of drug-likeness (QED) is 0.616. The van der Waals surface area contributed by atoms with Crippen LogP contribution in [0.2, 0.25) is 0 Å². The Labute approximate surface area is 142 Å². The summed E-state index contributed by atoms with van der Waals surface area (Å²) in [5.74, 6) is -1.31. The number of carbonyl (C=O) groups excluding carboxylic acids is 3. The van der Waals surface area contributed by atoms with E-state index in [0.29, 0.717) is 16.1 Å². The molecule has 1 heterocycles. The van der Waals surface area contributed by atoms with E-state index < -0.39 is 18.5 Å². The van der Waals surface area contributed by atoms with Crippen LogP contribution in [0.5, 0.6) is 0 Å².